The van der Waals surface area contributed by atoms with Gasteiger partial charge in [-0.2, -0.15) is 8.42 Å². The van der Waals surface area contributed by atoms with Gasteiger partial charge in [0.25, 0.3) is 10.1 Å². The van der Waals surface area contributed by atoms with Crippen LogP contribution >= 0.6 is 0 Å². The van der Waals surface area contributed by atoms with Gasteiger partial charge in [0.05, 0.1) is 30.1 Å². The Bertz CT molecular complexity index is 661. The highest BCUT2D eigenvalue weighted by molar-refractivity contribution is 7.86. The van der Waals surface area contributed by atoms with Gasteiger partial charge in [0.2, 0.25) is 0 Å². The highest BCUT2D eigenvalue weighted by atomic mass is 32.2. The summed E-state index contributed by atoms with van der Waals surface area (Å²) in [5, 5.41) is 18.4. The molecule has 0 bridgehead atoms. The van der Waals surface area contributed by atoms with Gasteiger partial charge in [0, 0.05) is 0 Å². The standard InChI is InChI=1S/C17H24O7S/c1-12-2-8-16(9-3-12)25(21,22)23-11-15(10-18)24-14-6-4-13(5-7-14)17(19)20/h2-3,8-9,13-15,18H,4-7,10-11H2,1H3,(H,19,20). The zero-order valence-corrected chi connectivity index (χ0v) is 14.9. The van der Waals surface area contributed by atoms with Crippen molar-refractivity contribution < 1.29 is 32.3 Å². The van der Waals surface area contributed by atoms with Crippen molar-refractivity contribution in [3.05, 3.63) is 29.8 Å². The Hall–Kier alpha value is -1.48. The minimum atomic E-state index is -3.91. The lowest BCUT2D eigenvalue weighted by Gasteiger charge is -2.29. The Labute approximate surface area is 147 Å². The minimum absolute atomic E-state index is 0.0526. The molecule has 0 aromatic heterocycles. The minimum Gasteiger partial charge on any atom is -0.481 e. The van der Waals surface area contributed by atoms with Gasteiger partial charge >= 0.3 is 5.97 Å². The van der Waals surface area contributed by atoms with Gasteiger partial charge < -0.3 is 14.9 Å². The second kappa shape index (κ2) is 8.75. The van der Waals surface area contributed by atoms with Gasteiger partial charge in [-0.1, -0.05) is 17.7 Å². The fraction of sp³-hybridized carbons (Fsp3) is 0.588. The monoisotopic (exact) mass is 372 g/mol. The first kappa shape index (κ1) is 19.8. The average molecular weight is 372 g/mol. The lowest BCUT2D eigenvalue weighted by atomic mass is 9.87. The van der Waals surface area contributed by atoms with Gasteiger partial charge in [-0.05, 0) is 44.7 Å². The van der Waals surface area contributed by atoms with Crippen molar-refractivity contribution in [3.63, 3.8) is 0 Å². The number of aliphatic hydroxyl groups excluding tert-OH is 1. The topological polar surface area (TPSA) is 110 Å². The van der Waals surface area contributed by atoms with Crippen molar-refractivity contribution in [1.29, 1.82) is 0 Å². The molecule has 2 rings (SSSR count). The summed E-state index contributed by atoms with van der Waals surface area (Å²) in [6.07, 6.45) is 1.20. The van der Waals surface area contributed by atoms with Crippen LogP contribution in [0.15, 0.2) is 29.2 Å². The van der Waals surface area contributed by atoms with Crippen LogP contribution in [0.4, 0.5) is 0 Å². The van der Waals surface area contributed by atoms with E-state index in [9.17, 15) is 18.3 Å². The Morgan fingerprint density at radius 3 is 2.32 bits per heavy atom. The maximum Gasteiger partial charge on any atom is 0.306 e. The summed E-state index contributed by atoms with van der Waals surface area (Å²) < 4.78 is 35.0. The quantitative estimate of drug-likeness (QED) is 0.669. The molecule has 25 heavy (non-hydrogen) atoms. The van der Waals surface area contributed by atoms with Crippen LogP contribution in [0.1, 0.15) is 31.2 Å². The number of carbonyl (C=O) groups is 1. The molecule has 1 aromatic rings. The number of ether oxygens (including phenoxy) is 1. The highest BCUT2D eigenvalue weighted by Gasteiger charge is 2.28. The number of aliphatic hydroxyl groups is 1. The summed E-state index contributed by atoms with van der Waals surface area (Å²) in [6.45, 7) is 1.19. The van der Waals surface area contributed by atoms with E-state index >= 15 is 0 Å². The van der Waals surface area contributed by atoms with Crippen molar-refractivity contribution in [2.24, 2.45) is 5.92 Å². The lowest BCUT2D eigenvalue weighted by molar-refractivity contribution is -0.144. The molecular weight excluding hydrogens is 348 g/mol. The summed E-state index contributed by atoms with van der Waals surface area (Å²) >= 11 is 0. The largest absolute Gasteiger partial charge is 0.481 e. The second-order valence-electron chi connectivity index (χ2n) is 6.30. The number of aryl methyl sites for hydroxylation is 1. The van der Waals surface area contributed by atoms with E-state index in [0.29, 0.717) is 25.7 Å². The summed E-state index contributed by atoms with van der Waals surface area (Å²) in [6, 6.07) is 6.29. The van der Waals surface area contributed by atoms with E-state index in [4.69, 9.17) is 14.0 Å². The maximum absolute atomic E-state index is 12.1. The van der Waals surface area contributed by atoms with Gasteiger partial charge in [0.1, 0.15) is 6.10 Å². The van der Waals surface area contributed by atoms with E-state index in [0.717, 1.165) is 5.56 Å². The molecule has 7 nitrogen and oxygen atoms in total. The SMILES string of the molecule is Cc1ccc(S(=O)(=O)OCC(CO)OC2CCC(C(=O)O)CC2)cc1. The van der Waals surface area contributed by atoms with Crippen LogP contribution < -0.4 is 0 Å². The lowest BCUT2D eigenvalue weighted by Crippen LogP contribution is -2.33. The highest BCUT2D eigenvalue weighted by Crippen LogP contribution is 2.27. The molecule has 2 N–H and O–H groups in total. The van der Waals surface area contributed by atoms with E-state index in [1.807, 2.05) is 6.92 Å². The smallest absolute Gasteiger partial charge is 0.306 e. The molecule has 0 radical (unpaired) electrons. The normalized spacial score (nSPS) is 22.5. The molecule has 140 valence electrons. The van der Waals surface area contributed by atoms with E-state index < -0.39 is 22.2 Å². The number of benzene rings is 1. The molecule has 8 heteroatoms. The van der Waals surface area contributed by atoms with E-state index in [1.165, 1.54) is 12.1 Å². The first-order chi connectivity index (χ1) is 11.8. The second-order valence-corrected chi connectivity index (χ2v) is 7.92. The van der Waals surface area contributed by atoms with Gasteiger partial charge in [-0.25, -0.2) is 0 Å². The third-order valence-corrected chi connectivity index (χ3v) is 5.63. The number of rotatable bonds is 8. The Balaban J connectivity index is 1.85. The molecule has 0 spiro atoms. The van der Waals surface area contributed by atoms with Gasteiger partial charge in [0.15, 0.2) is 0 Å². The van der Waals surface area contributed by atoms with Crippen molar-refractivity contribution in [2.45, 2.75) is 49.7 Å². The fourth-order valence-corrected chi connectivity index (χ4v) is 3.73. The fourth-order valence-electron chi connectivity index (χ4n) is 2.79. The first-order valence-electron chi connectivity index (χ1n) is 8.27. The van der Waals surface area contributed by atoms with Crippen LogP contribution in [-0.2, 0) is 23.8 Å². The van der Waals surface area contributed by atoms with Gasteiger partial charge in [-0.15, -0.1) is 0 Å². The molecule has 1 fully saturated rings. The number of aliphatic carboxylic acids is 1. The van der Waals surface area contributed by atoms with Crippen molar-refractivity contribution in [2.75, 3.05) is 13.2 Å². The molecule has 1 aromatic carbocycles. The molecule has 0 amide bonds. The molecule has 1 aliphatic rings. The van der Waals surface area contributed by atoms with Crippen molar-refractivity contribution in [3.8, 4) is 0 Å². The first-order valence-corrected chi connectivity index (χ1v) is 9.68. The summed E-state index contributed by atoms with van der Waals surface area (Å²) in [4.78, 5) is 11.0. The predicted molar refractivity (Wildman–Crippen MR) is 89.7 cm³/mol. The van der Waals surface area contributed by atoms with Crippen LogP contribution in [0.3, 0.4) is 0 Å². The number of carboxylic acid groups (broad SMARTS) is 1. The summed E-state index contributed by atoms with van der Waals surface area (Å²) in [5.74, 6) is -1.16. The van der Waals surface area contributed by atoms with Crippen LogP contribution in [0.25, 0.3) is 0 Å². The molecule has 1 saturated carbocycles. The number of carboxylic acids is 1. The third-order valence-electron chi connectivity index (χ3n) is 4.33. The number of hydrogen-bond donors (Lipinski definition) is 2. The Morgan fingerprint density at radius 1 is 1.20 bits per heavy atom. The van der Waals surface area contributed by atoms with Crippen LogP contribution in [0, 0.1) is 12.8 Å². The summed E-state index contributed by atoms with van der Waals surface area (Å²) in [7, 11) is -3.91. The molecular formula is C17H24O7S. The van der Waals surface area contributed by atoms with Crippen molar-refractivity contribution >= 4 is 16.1 Å². The van der Waals surface area contributed by atoms with E-state index in [-0.39, 0.29) is 30.1 Å². The molecule has 1 aliphatic carbocycles. The average Bonchev–Trinajstić information content (AvgIpc) is 2.59. The van der Waals surface area contributed by atoms with Crippen LogP contribution in [0.2, 0.25) is 0 Å². The van der Waals surface area contributed by atoms with E-state index in [1.54, 1.807) is 12.1 Å². The zero-order valence-electron chi connectivity index (χ0n) is 14.1. The number of hydrogen-bond acceptors (Lipinski definition) is 6. The molecule has 0 saturated heterocycles. The zero-order chi connectivity index (χ0) is 18.4. The Kier molecular flexibility index (Phi) is 6.95. The molecule has 0 heterocycles. The summed E-state index contributed by atoms with van der Waals surface area (Å²) in [5.41, 5.74) is 0.937. The van der Waals surface area contributed by atoms with Crippen LogP contribution in [-0.4, -0.2) is 50.0 Å². The van der Waals surface area contributed by atoms with Crippen molar-refractivity contribution in [1.82, 2.24) is 0 Å². The van der Waals surface area contributed by atoms with Crippen LogP contribution in [0.5, 0.6) is 0 Å². The van der Waals surface area contributed by atoms with Gasteiger partial charge in [-0.3, -0.25) is 8.98 Å². The van der Waals surface area contributed by atoms with E-state index in [2.05, 4.69) is 0 Å². The molecule has 1 unspecified atom stereocenters. The maximum atomic E-state index is 12.1. The molecule has 1 atom stereocenters. The molecule has 0 aliphatic heterocycles. The predicted octanol–water partition coefficient (Wildman–Crippen LogP) is 1.72. The third kappa shape index (κ3) is 5.78. The Morgan fingerprint density at radius 2 is 1.80 bits per heavy atom.